The Labute approximate surface area is 165 Å². The molecule has 4 rings (SSSR count). The highest BCUT2D eigenvalue weighted by Gasteiger charge is 2.13. The van der Waals surface area contributed by atoms with Crippen LogP contribution in [0.15, 0.2) is 42.7 Å². The molecule has 0 radical (unpaired) electrons. The van der Waals surface area contributed by atoms with Crippen molar-refractivity contribution in [3.05, 3.63) is 47.7 Å². The van der Waals surface area contributed by atoms with Gasteiger partial charge in [-0.3, -0.25) is 15.7 Å². The van der Waals surface area contributed by atoms with Crippen molar-refractivity contribution in [1.29, 1.82) is 0 Å². The van der Waals surface area contributed by atoms with Gasteiger partial charge >= 0.3 is 6.03 Å². The maximum atomic E-state index is 12.4. The number of carbonyl (C=O) groups is 1. The number of anilines is 2. The van der Waals surface area contributed by atoms with Gasteiger partial charge in [0, 0.05) is 16.5 Å². The van der Waals surface area contributed by atoms with Gasteiger partial charge < -0.3 is 4.57 Å². The van der Waals surface area contributed by atoms with Crippen LogP contribution in [0.2, 0.25) is 5.02 Å². The summed E-state index contributed by atoms with van der Waals surface area (Å²) >= 11 is 5.96. The standard InChI is InChI=1S/C18H17ClN8O/c1-10(2)27-9-20-26-17(27)13-4-3-5-15(21-13)22-18(28)23-16-12-7-6-11(19)8-14(12)24-25-16/h3-10H,1-2H3,(H3,21,22,23,24,25,28). The fraction of sp³-hybridized carbons (Fsp3) is 0.167. The van der Waals surface area contributed by atoms with E-state index >= 15 is 0 Å². The molecule has 0 aliphatic rings. The van der Waals surface area contributed by atoms with Gasteiger partial charge in [-0.2, -0.15) is 5.10 Å². The van der Waals surface area contributed by atoms with E-state index in [0.29, 0.717) is 28.2 Å². The Hall–Kier alpha value is -3.46. The SMILES string of the molecule is CC(C)n1cnnc1-c1cccc(NC(=O)Nc2n[nH]c3cc(Cl)ccc23)n1. The molecule has 3 heterocycles. The number of rotatable bonds is 4. The minimum atomic E-state index is -0.460. The van der Waals surface area contributed by atoms with Gasteiger partial charge in [0.05, 0.1) is 5.52 Å². The van der Waals surface area contributed by atoms with Gasteiger partial charge in [0.25, 0.3) is 0 Å². The number of amides is 2. The maximum absolute atomic E-state index is 12.4. The number of nitrogens with zero attached hydrogens (tertiary/aromatic N) is 5. The van der Waals surface area contributed by atoms with Crippen LogP contribution in [0.4, 0.5) is 16.4 Å². The third kappa shape index (κ3) is 3.52. The summed E-state index contributed by atoms with van der Waals surface area (Å²) in [4.78, 5) is 16.8. The second-order valence-corrected chi connectivity index (χ2v) is 6.84. The van der Waals surface area contributed by atoms with Crippen molar-refractivity contribution in [3.8, 4) is 11.5 Å². The van der Waals surface area contributed by atoms with Crippen molar-refractivity contribution >= 4 is 40.2 Å². The molecule has 0 atom stereocenters. The number of fused-ring (bicyclic) bond motifs is 1. The van der Waals surface area contributed by atoms with E-state index in [9.17, 15) is 4.79 Å². The van der Waals surface area contributed by atoms with Gasteiger partial charge in [-0.15, -0.1) is 10.2 Å². The lowest BCUT2D eigenvalue weighted by molar-refractivity contribution is 0.262. The summed E-state index contributed by atoms with van der Waals surface area (Å²) in [7, 11) is 0. The predicted octanol–water partition coefficient (Wildman–Crippen LogP) is 4.09. The van der Waals surface area contributed by atoms with Crippen molar-refractivity contribution in [3.63, 3.8) is 0 Å². The van der Waals surface area contributed by atoms with Crippen LogP contribution in [-0.2, 0) is 0 Å². The number of halogens is 1. The van der Waals surface area contributed by atoms with E-state index in [4.69, 9.17) is 11.6 Å². The molecule has 0 unspecified atom stereocenters. The quantitative estimate of drug-likeness (QED) is 0.480. The third-order valence-electron chi connectivity index (χ3n) is 4.11. The highest BCUT2D eigenvalue weighted by Crippen LogP contribution is 2.24. The molecule has 142 valence electrons. The highest BCUT2D eigenvalue weighted by molar-refractivity contribution is 6.31. The van der Waals surface area contributed by atoms with E-state index in [2.05, 4.69) is 36.0 Å². The van der Waals surface area contributed by atoms with Gasteiger partial charge in [-0.25, -0.2) is 9.78 Å². The Balaban J connectivity index is 1.52. The Morgan fingerprint density at radius 2 is 2.07 bits per heavy atom. The van der Waals surface area contributed by atoms with E-state index in [1.807, 2.05) is 24.5 Å². The van der Waals surface area contributed by atoms with Gasteiger partial charge in [-0.1, -0.05) is 17.7 Å². The molecular weight excluding hydrogens is 380 g/mol. The van der Waals surface area contributed by atoms with E-state index in [0.717, 1.165) is 10.9 Å². The summed E-state index contributed by atoms with van der Waals surface area (Å²) in [5.74, 6) is 1.42. The molecule has 4 aromatic rings. The fourth-order valence-corrected chi connectivity index (χ4v) is 2.95. The highest BCUT2D eigenvalue weighted by atomic mass is 35.5. The Morgan fingerprint density at radius 1 is 1.21 bits per heavy atom. The topological polar surface area (TPSA) is 113 Å². The number of benzene rings is 1. The first-order valence-corrected chi connectivity index (χ1v) is 8.97. The number of urea groups is 1. The van der Waals surface area contributed by atoms with Crippen LogP contribution in [0.25, 0.3) is 22.4 Å². The van der Waals surface area contributed by atoms with Gasteiger partial charge in [0.15, 0.2) is 11.6 Å². The molecule has 2 amide bonds. The lowest BCUT2D eigenvalue weighted by Crippen LogP contribution is -2.20. The Morgan fingerprint density at radius 3 is 2.89 bits per heavy atom. The minimum absolute atomic E-state index is 0.188. The number of nitrogens with one attached hydrogen (secondary N) is 3. The number of H-pyrrole nitrogens is 1. The maximum Gasteiger partial charge on any atom is 0.326 e. The van der Waals surface area contributed by atoms with Crippen LogP contribution < -0.4 is 10.6 Å². The zero-order valence-corrected chi connectivity index (χ0v) is 15.9. The van der Waals surface area contributed by atoms with Crippen molar-refractivity contribution < 1.29 is 4.79 Å². The largest absolute Gasteiger partial charge is 0.326 e. The Bertz CT molecular complexity index is 1150. The van der Waals surface area contributed by atoms with E-state index in [1.54, 1.807) is 36.7 Å². The summed E-state index contributed by atoms with van der Waals surface area (Å²) in [5, 5.41) is 21.8. The first-order valence-electron chi connectivity index (χ1n) is 8.60. The first-order chi connectivity index (χ1) is 13.5. The summed E-state index contributed by atoms with van der Waals surface area (Å²) in [6, 6.07) is 10.3. The van der Waals surface area contributed by atoms with Crippen LogP contribution in [-0.4, -0.2) is 36.0 Å². The number of hydrogen-bond donors (Lipinski definition) is 3. The molecule has 9 nitrogen and oxygen atoms in total. The third-order valence-corrected chi connectivity index (χ3v) is 4.34. The van der Waals surface area contributed by atoms with Crippen LogP contribution in [0.3, 0.4) is 0 Å². The lowest BCUT2D eigenvalue weighted by Gasteiger charge is -2.10. The number of aromatic nitrogens is 6. The molecular formula is C18H17ClN8O. The number of pyridine rings is 1. The summed E-state index contributed by atoms with van der Waals surface area (Å²) in [6.45, 7) is 4.06. The fourth-order valence-electron chi connectivity index (χ4n) is 2.77. The molecule has 28 heavy (non-hydrogen) atoms. The minimum Gasteiger partial charge on any atom is -0.310 e. The van der Waals surface area contributed by atoms with Crippen LogP contribution in [0.1, 0.15) is 19.9 Å². The van der Waals surface area contributed by atoms with Crippen LogP contribution in [0, 0.1) is 0 Å². The van der Waals surface area contributed by atoms with E-state index in [-0.39, 0.29) is 6.04 Å². The van der Waals surface area contributed by atoms with Crippen molar-refractivity contribution in [2.24, 2.45) is 0 Å². The second kappa shape index (κ2) is 7.28. The molecule has 0 aliphatic heterocycles. The Kier molecular flexibility index (Phi) is 4.66. The van der Waals surface area contributed by atoms with Crippen LogP contribution in [0.5, 0.6) is 0 Å². The van der Waals surface area contributed by atoms with Crippen LogP contribution >= 0.6 is 11.6 Å². The predicted molar refractivity (Wildman–Crippen MR) is 107 cm³/mol. The molecule has 3 aromatic heterocycles. The van der Waals surface area contributed by atoms with E-state index < -0.39 is 6.03 Å². The zero-order valence-electron chi connectivity index (χ0n) is 15.1. The number of hydrogen-bond acceptors (Lipinski definition) is 5. The molecule has 3 N–H and O–H groups in total. The average Bonchev–Trinajstić information content (AvgIpc) is 3.29. The van der Waals surface area contributed by atoms with Gasteiger partial charge in [0.2, 0.25) is 0 Å². The zero-order chi connectivity index (χ0) is 19.7. The van der Waals surface area contributed by atoms with Gasteiger partial charge in [0.1, 0.15) is 17.8 Å². The summed E-state index contributed by atoms with van der Waals surface area (Å²) in [6.07, 6.45) is 1.66. The second-order valence-electron chi connectivity index (χ2n) is 6.40. The number of carbonyl (C=O) groups excluding carboxylic acids is 1. The van der Waals surface area contributed by atoms with Gasteiger partial charge in [-0.05, 0) is 44.2 Å². The molecule has 10 heteroatoms. The molecule has 0 aliphatic carbocycles. The first kappa shape index (κ1) is 17.9. The monoisotopic (exact) mass is 396 g/mol. The number of aromatic amines is 1. The molecule has 0 bridgehead atoms. The van der Waals surface area contributed by atoms with Crippen molar-refractivity contribution in [1.82, 2.24) is 29.9 Å². The normalized spacial score (nSPS) is 11.1. The molecule has 0 saturated heterocycles. The lowest BCUT2D eigenvalue weighted by atomic mass is 10.2. The molecule has 0 spiro atoms. The molecule has 0 saturated carbocycles. The smallest absolute Gasteiger partial charge is 0.310 e. The molecule has 0 fully saturated rings. The van der Waals surface area contributed by atoms with E-state index in [1.165, 1.54) is 0 Å². The average molecular weight is 397 g/mol. The summed E-state index contributed by atoms with van der Waals surface area (Å²) < 4.78 is 1.91. The summed E-state index contributed by atoms with van der Waals surface area (Å²) in [5.41, 5.74) is 1.35. The van der Waals surface area contributed by atoms with Crippen molar-refractivity contribution in [2.45, 2.75) is 19.9 Å². The van der Waals surface area contributed by atoms with Crippen molar-refractivity contribution in [2.75, 3.05) is 10.6 Å². The molecule has 1 aromatic carbocycles.